The number of carbonyl (C=O) groups is 1. The van der Waals surface area contributed by atoms with Crippen LogP contribution in [0.25, 0.3) is 0 Å². The molecule has 110 valence electrons. The van der Waals surface area contributed by atoms with Crippen LogP contribution in [0.2, 0.25) is 5.02 Å². The van der Waals surface area contributed by atoms with E-state index in [1.54, 1.807) is 6.92 Å². The Morgan fingerprint density at radius 1 is 1.35 bits per heavy atom. The maximum atomic E-state index is 11.0. The van der Waals surface area contributed by atoms with E-state index in [0.717, 1.165) is 43.3 Å². The maximum absolute atomic E-state index is 11.0. The second-order valence-electron chi connectivity index (χ2n) is 5.42. The van der Waals surface area contributed by atoms with Crippen LogP contribution in [0.5, 0.6) is 0 Å². The van der Waals surface area contributed by atoms with Gasteiger partial charge in [-0.15, -0.1) is 0 Å². The average molecular weight is 297 g/mol. The third kappa shape index (κ3) is 3.72. The molecule has 0 radical (unpaired) electrons. The van der Waals surface area contributed by atoms with Crippen LogP contribution in [0.1, 0.15) is 18.1 Å². The zero-order chi connectivity index (χ0) is 14.7. The topological polar surface area (TPSA) is 43.8 Å². The van der Waals surface area contributed by atoms with Gasteiger partial charge in [-0.3, -0.25) is 14.6 Å². The van der Waals surface area contributed by atoms with Crippen molar-refractivity contribution in [2.24, 2.45) is 0 Å². The minimum absolute atomic E-state index is 0.403. The summed E-state index contributed by atoms with van der Waals surface area (Å²) in [6, 6.07) is 5.73. The van der Waals surface area contributed by atoms with E-state index in [0.29, 0.717) is 0 Å². The minimum atomic E-state index is -0.750. The minimum Gasteiger partial charge on any atom is -0.480 e. The summed E-state index contributed by atoms with van der Waals surface area (Å²) in [5, 5.41) is 9.84. The van der Waals surface area contributed by atoms with E-state index in [9.17, 15) is 4.79 Å². The molecule has 0 aliphatic carbocycles. The van der Waals surface area contributed by atoms with Gasteiger partial charge in [0.05, 0.1) is 0 Å². The van der Waals surface area contributed by atoms with Crippen molar-refractivity contribution in [2.75, 3.05) is 26.2 Å². The number of carboxylic acid groups (broad SMARTS) is 1. The largest absolute Gasteiger partial charge is 0.480 e. The zero-order valence-electron chi connectivity index (χ0n) is 12.0. The molecule has 1 N–H and O–H groups in total. The number of nitrogens with zero attached hydrogens (tertiary/aromatic N) is 2. The molecular weight excluding hydrogens is 276 g/mol. The lowest BCUT2D eigenvalue weighted by Gasteiger charge is -2.36. The third-order valence-electron chi connectivity index (χ3n) is 3.91. The molecule has 1 aromatic rings. The Balaban J connectivity index is 1.90. The maximum Gasteiger partial charge on any atom is 0.320 e. The van der Waals surface area contributed by atoms with Crippen molar-refractivity contribution in [3.8, 4) is 0 Å². The molecule has 1 unspecified atom stereocenters. The van der Waals surface area contributed by atoms with Gasteiger partial charge in [0.1, 0.15) is 6.04 Å². The lowest BCUT2D eigenvalue weighted by Crippen LogP contribution is -2.51. The van der Waals surface area contributed by atoms with Crippen molar-refractivity contribution in [3.63, 3.8) is 0 Å². The van der Waals surface area contributed by atoms with E-state index in [-0.39, 0.29) is 0 Å². The molecule has 0 saturated carbocycles. The van der Waals surface area contributed by atoms with Crippen LogP contribution in [-0.2, 0) is 11.3 Å². The van der Waals surface area contributed by atoms with Gasteiger partial charge < -0.3 is 5.11 Å². The molecule has 1 fully saturated rings. The lowest BCUT2D eigenvalue weighted by molar-refractivity contribution is -0.143. The molecule has 0 amide bonds. The van der Waals surface area contributed by atoms with Gasteiger partial charge in [0, 0.05) is 37.7 Å². The van der Waals surface area contributed by atoms with Crippen molar-refractivity contribution in [2.45, 2.75) is 26.4 Å². The molecule has 0 aromatic heterocycles. The van der Waals surface area contributed by atoms with E-state index in [1.807, 2.05) is 17.9 Å². The van der Waals surface area contributed by atoms with Crippen LogP contribution in [-0.4, -0.2) is 53.1 Å². The van der Waals surface area contributed by atoms with Crippen LogP contribution in [0.3, 0.4) is 0 Å². The van der Waals surface area contributed by atoms with E-state index >= 15 is 0 Å². The van der Waals surface area contributed by atoms with Crippen LogP contribution in [0.4, 0.5) is 0 Å². The number of hydrogen-bond acceptors (Lipinski definition) is 3. The van der Waals surface area contributed by atoms with E-state index in [4.69, 9.17) is 16.7 Å². The number of aryl methyl sites for hydroxylation is 1. The highest BCUT2D eigenvalue weighted by atomic mass is 35.5. The number of hydrogen-bond donors (Lipinski definition) is 1. The Morgan fingerprint density at radius 3 is 2.55 bits per heavy atom. The monoisotopic (exact) mass is 296 g/mol. The van der Waals surface area contributed by atoms with Crippen molar-refractivity contribution in [1.29, 1.82) is 0 Å². The van der Waals surface area contributed by atoms with Gasteiger partial charge in [-0.25, -0.2) is 0 Å². The van der Waals surface area contributed by atoms with Crippen LogP contribution in [0, 0.1) is 6.92 Å². The molecule has 1 aliphatic heterocycles. The number of aliphatic carboxylic acids is 1. The molecule has 4 nitrogen and oxygen atoms in total. The average Bonchev–Trinajstić information content (AvgIpc) is 2.42. The molecule has 0 bridgehead atoms. The molecule has 1 heterocycles. The highest BCUT2D eigenvalue weighted by molar-refractivity contribution is 6.31. The molecule has 5 heteroatoms. The molecule has 2 rings (SSSR count). The Labute approximate surface area is 124 Å². The Hall–Kier alpha value is -1.10. The summed E-state index contributed by atoms with van der Waals surface area (Å²) in [4.78, 5) is 15.3. The fourth-order valence-electron chi connectivity index (χ4n) is 2.49. The van der Waals surface area contributed by atoms with Crippen molar-refractivity contribution in [1.82, 2.24) is 9.80 Å². The number of carboxylic acids is 1. The summed E-state index contributed by atoms with van der Waals surface area (Å²) in [7, 11) is 0. The number of halogens is 1. The van der Waals surface area contributed by atoms with E-state index < -0.39 is 12.0 Å². The first-order valence-electron chi connectivity index (χ1n) is 6.91. The summed E-state index contributed by atoms with van der Waals surface area (Å²) in [6.45, 7) is 7.93. The highest BCUT2D eigenvalue weighted by Crippen LogP contribution is 2.20. The SMILES string of the molecule is Cc1ccc(CN2CCN(C(C)C(=O)O)CC2)c(Cl)c1. The van der Waals surface area contributed by atoms with Gasteiger partial charge in [-0.05, 0) is 31.0 Å². The Kier molecular flexibility index (Phi) is 5.02. The number of rotatable bonds is 4. The summed E-state index contributed by atoms with van der Waals surface area (Å²) in [6.07, 6.45) is 0. The first kappa shape index (κ1) is 15.3. The third-order valence-corrected chi connectivity index (χ3v) is 4.27. The second-order valence-corrected chi connectivity index (χ2v) is 5.83. The van der Waals surface area contributed by atoms with Gasteiger partial charge >= 0.3 is 5.97 Å². The number of benzene rings is 1. The first-order valence-corrected chi connectivity index (χ1v) is 7.29. The van der Waals surface area contributed by atoms with Gasteiger partial charge in [0.15, 0.2) is 0 Å². The summed E-state index contributed by atoms with van der Waals surface area (Å²) >= 11 is 6.25. The van der Waals surface area contributed by atoms with Gasteiger partial charge in [0.25, 0.3) is 0 Å². The van der Waals surface area contributed by atoms with E-state index in [1.165, 1.54) is 5.56 Å². The fourth-order valence-corrected chi connectivity index (χ4v) is 2.78. The quantitative estimate of drug-likeness (QED) is 0.925. The fraction of sp³-hybridized carbons (Fsp3) is 0.533. The molecule has 20 heavy (non-hydrogen) atoms. The molecule has 0 spiro atoms. The lowest BCUT2D eigenvalue weighted by atomic mass is 10.1. The molecule has 1 atom stereocenters. The normalized spacial score (nSPS) is 18.9. The Morgan fingerprint density at radius 2 is 2.00 bits per heavy atom. The molecular formula is C15H21ClN2O2. The standard InChI is InChI=1S/C15H21ClN2O2/c1-11-3-4-13(14(16)9-11)10-17-5-7-18(8-6-17)12(2)15(19)20/h3-4,9,12H,5-8,10H2,1-2H3,(H,19,20). The summed E-state index contributed by atoms with van der Waals surface area (Å²) < 4.78 is 0. The van der Waals surface area contributed by atoms with Crippen LogP contribution >= 0.6 is 11.6 Å². The van der Waals surface area contributed by atoms with Gasteiger partial charge in [-0.1, -0.05) is 23.7 Å². The van der Waals surface area contributed by atoms with Crippen molar-refractivity contribution >= 4 is 17.6 Å². The van der Waals surface area contributed by atoms with Crippen molar-refractivity contribution in [3.05, 3.63) is 34.3 Å². The van der Waals surface area contributed by atoms with Crippen LogP contribution in [0.15, 0.2) is 18.2 Å². The predicted octanol–water partition coefficient (Wildman–Crippen LogP) is 2.24. The van der Waals surface area contributed by atoms with Crippen molar-refractivity contribution < 1.29 is 9.90 Å². The highest BCUT2D eigenvalue weighted by Gasteiger charge is 2.25. The number of piperazine rings is 1. The van der Waals surface area contributed by atoms with E-state index in [2.05, 4.69) is 17.0 Å². The Bertz CT molecular complexity index is 485. The first-order chi connectivity index (χ1) is 9.47. The smallest absolute Gasteiger partial charge is 0.320 e. The second kappa shape index (κ2) is 6.57. The molecule has 1 aromatic carbocycles. The summed E-state index contributed by atoms with van der Waals surface area (Å²) in [5.41, 5.74) is 2.30. The summed E-state index contributed by atoms with van der Waals surface area (Å²) in [5.74, 6) is -0.750. The zero-order valence-corrected chi connectivity index (χ0v) is 12.7. The molecule has 1 saturated heterocycles. The van der Waals surface area contributed by atoms with Gasteiger partial charge in [0.2, 0.25) is 0 Å². The van der Waals surface area contributed by atoms with Crippen LogP contribution < -0.4 is 0 Å². The predicted molar refractivity (Wildman–Crippen MR) is 80.1 cm³/mol. The molecule has 1 aliphatic rings. The van der Waals surface area contributed by atoms with Gasteiger partial charge in [-0.2, -0.15) is 0 Å².